The molecule has 128 valence electrons. The van der Waals surface area contributed by atoms with Crippen molar-refractivity contribution in [3.05, 3.63) is 29.8 Å². The molecule has 23 heavy (non-hydrogen) atoms. The third-order valence-electron chi connectivity index (χ3n) is 4.16. The van der Waals surface area contributed by atoms with E-state index in [2.05, 4.69) is 40.4 Å². The fourth-order valence-electron chi connectivity index (χ4n) is 2.76. The minimum absolute atomic E-state index is 0.607. The summed E-state index contributed by atoms with van der Waals surface area (Å²) in [5, 5.41) is 6.75. The lowest BCUT2D eigenvalue weighted by Crippen LogP contribution is -2.43. The fraction of sp³-hybridized carbons (Fsp3) is 0.611. The lowest BCUT2D eigenvalue weighted by atomic mass is 10.2. The number of ether oxygens (including phenoxy) is 1. The number of hydrogen-bond acceptors (Lipinski definition) is 3. The van der Waals surface area contributed by atoms with Crippen molar-refractivity contribution in [1.29, 1.82) is 0 Å². The summed E-state index contributed by atoms with van der Waals surface area (Å²) in [6.07, 6.45) is 2.70. The van der Waals surface area contributed by atoms with E-state index >= 15 is 0 Å². The minimum Gasteiger partial charge on any atom is -0.497 e. The van der Waals surface area contributed by atoms with Gasteiger partial charge in [0, 0.05) is 38.8 Å². The number of methoxy groups -OCH3 is 1. The third-order valence-corrected chi connectivity index (χ3v) is 4.16. The molecule has 0 saturated heterocycles. The molecule has 1 aromatic carbocycles. The van der Waals surface area contributed by atoms with Gasteiger partial charge in [-0.2, -0.15) is 0 Å². The predicted molar refractivity (Wildman–Crippen MR) is 96.1 cm³/mol. The first-order chi connectivity index (χ1) is 11.1. The van der Waals surface area contributed by atoms with Gasteiger partial charge in [0.25, 0.3) is 0 Å². The normalized spacial score (nSPS) is 15.1. The molecule has 0 radical (unpaired) electrons. The Hall–Kier alpha value is -1.75. The number of rotatable bonds is 8. The molecular formula is C18H30N4O. The lowest BCUT2D eigenvalue weighted by molar-refractivity contribution is 0.215. The van der Waals surface area contributed by atoms with E-state index in [0.717, 1.165) is 37.4 Å². The van der Waals surface area contributed by atoms with Gasteiger partial charge in [0.2, 0.25) is 0 Å². The van der Waals surface area contributed by atoms with E-state index in [9.17, 15) is 0 Å². The van der Waals surface area contributed by atoms with Crippen molar-refractivity contribution in [3.8, 4) is 5.75 Å². The second-order valence-electron chi connectivity index (χ2n) is 6.27. The molecule has 2 N–H and O–H groups in total. The number of nitrogens with one attached hydrogen (secondary N) is 2. The fourth-order valence-corrected chi connectivity index (χ4v) is 2.76. The van der Waals surface area contributed by atoms with E-state index in [1.54, 1.807) is 7.11 Å². The Morgan fingerprint density at radius 1 is 1.35 bits per heavy atom. The van der Waals surface area contributed by atoms with E-state index in [1.165, 1.54) is 18.4 Å². The largest absolute Gasteiger partial charge is 0.497 e. The van der Waals surface area contributed by atoms with Gasteiger partial charge in [-0.1, -0.05) is 12.1 Å². The first-order valence-corrected chi connectivity index (χ1v) is 8.47. The quantitative estimate of drug-likeness (QED) is 0.570. The Morgan fingerprint density at radius 2 is 2.13 bits per heavy atom. The van der Waals surface area contributed by atoms with Crippen molar-refractivity contribution in [1.82, 2.24) is 15.5 Å². The van der Waals surface area contributed by atoms with Gasteiger partial charge in [-0.05, 0) is 44.4 Å². The zero-order valence-electron chi connectivity index (χ0n) is 14.8. The summed E-state index contributed by atoms with van der Waals surface area (Å²) in [4.78, 5) is 6.86. The molecule has 1 aliphatic carbocycles. The Kier molecular flexibility index (Phi) is 6.71. The Balaban J connectivity index is 1.74. The molecule has 2 rings (SSSR count). The first kappa shape index (κ1) is 17.6. The highest BCUT2D eigenvalue weighted by Crippen LogP contribution is 2.27. The summed E-state index contributed by atoms with van der Waals surface area (Å²) in [5.74, 6) is 1.72. The van der Waals surface area contributed by atoms with E-state index in [0.29, 0.717) is 6.04 Å². The molecule has 0 unspecified atom stereocenters. The molecule has 0 aromatic heterocycles. The number of aliphatic imine (C=N–C) groups is 1. The van der Waals surface area contributed by atoms with Crippen LogP contribution < -0.4 is 15.4 Å². The highest BCUT2D eigenvalue weighted by atomic mass is 16.5. The maximum Gasteiger partial charge on any atom is 0.191 e. The summed E-state index contributed by atoms with van der Waals surface area (Å²) >= 11 is 0. The molecule has 0 spiro atoms. The lowest BCUT2D eigenvalue weighted by Gasteiger charge is -2.26. The summed E-state index contributed by atoms with van der Waals surface area (Å²) in [7, 11) is 3.50. The van der Waals surface area contributed by atoms with Crippen LogP contribution in [0.2, 0.25) is 0 Å². The SMILES string of the molecule is CN=C(NCCN(C(C)C)C1CC1)NCc1cccc(OC)c1. The average Bonchev–Trinajstić information content (AvgIpc) is 3.38. The van der Waals surface area contributed by atoms with Crippen LogP contribution in [0.1, 0.15) is 32.3 Å². The molecule has 1 fully saturated rings. The van der Waals surface area contributed by atoms with Gasteiger partial charge in [0.1, 0.15) is 5.75 Å². The Labute approximate surface area is 140 Å². The maximum absolute atomic E-state index is 5.25. The standard InChI is InChI=1S/C18H30N4O/c1-14(2)22(16-8-9-16)11-10-20-18(19-3)21-13-15-6-5-7-17(12-15)23-4/h5-7,12,14,16H,8-11,13H2,1-4H3,(H2,19,20,21). The second-order valence-corrected chi connectivity index (χ2v) is 6.27. The van der Waals surface area contributed by atoms with Crippen LogP contribution in [0.25, 0.3) is 0 Å². The molecule has 1 aromatic rings. The van der Waals surface area contributed by atoms with E-state index in [4.69, 9.17) is 4.74 Å². The van der Waals surface area contributed by atoms with Crippen LogP contribution in [0, 0.1) is 0 Å². The van der Waals surface area contributed by atoms with Crippen LogP contribution in [-0.4, -0.2) is 50.2 Å². The van der Waals surface area contributed by atoms with Gasteiger partial charge in [-0.15, -0.1) is 0 Å². The molecule has 0 bridgehead atoms. The molecule has 1 saturated carbocycles. The molecular weight excluding hydrogens is 288 g/mol. The molecule has 0 heterocycles. The van der Waals surface area contributed by atoms with Crippen molar-refractivity contribution in [3.63, 3.8) is 0 Å². The van der Waals surface area contributed by atoms with Crippen molar-refractivity contribution in [2.24, 2.45) is 4.99 Å². The topological polar surface area (TPSA) is 48.9 Å². The van der Waals surface area contributed by atoms with Crippen molar-refractivity contribution in [2.45, 2.75) is 45.3 Å². The second kappa shape index (κ2) is 8.77. The van der Waals surface area contributed by atoms with E-state index in [-0.39, 0.29) is 0 Å². The smallest absolute Gasteiger partial charge is 0.191 e. The number of hydrogen-bond donors (Lipinski definition) is 2. The predicted octanol–water partition coefficient (Wildman–Crippen LogP) is 2.23. The zero-order chi connectivity index (χ0) is 16.7. The Morgan fingerprint density at radius 3 is 2.74 bits per heavy atom. The molecule has 0 atom stereocenters. The number of benzene rings is 1. The van der Waals surface area contributed by atoms with Crippen molar-refractivity contribution in [2.75, 3.05) is 27.2 Å². The van der Waals surface area contributed by atoms with Gasteiger partial charge in [-0.25, -0.2) is 0 Å². The maximum atomic E-state index is 5.25. The van der Waals surface area contributed by atoms with Gasteiger partial charge < -0.3 is 15.4 Å². The van der Waals surface area contributed by atoms with Crippen LogP contribution >= 0.6 is 0 Å². The monoisotopic (exact) mass is 318 g/mol. The zero-order valence-corrected chi connectivity index (χ0v) is 14.8. The highest BCUT2D eigenvalue weighted by Gasteiger charge is 2.30. The molecule has 0 amide bonds. The molecule has 0 aliphatic heterocycles. The van der Waals surface area contributed by atoms with Gasteiger partial charge in [-0.3, -0.25) is 9.89 Å². The van der Waals surface area contributed by atoms with Crippen LogP contribution in [0.4, 0.5) is 0 Å². The minimum atomic E-state index is 0.607. The summed E-state index contributed by atoms with van der Waals surface area (Å²) in [6.45, 7) is 7.24. The van der Waals surface area contributed by atoms with E-state index < -0.39 is 0 Å². The molecule has 5 heteroatoms. The highest BCUT2D eigenvalue weighted by molar-refractivity contribution is 5.79. The summed E-state index contributed by atoms with van der Waals surface area (Å²) in [6, 6.07) is 9.47. The van der Waals surface area contributed by atoms with Crippen LogP contribution in [0.3, 0.4) is 0 Å². The average molecular weight is 318 g/mol. The van der Waals surface area contributed by atoms with Gasteiger partial charge in [0.15, 0.2) is 5.96 Å². The first-order valence-electron chi connectivity index (χ1n) is 8.47. The van der Waals surface area contributed by atoms with Crippen LogP contribution in [-0.2, 0) is 6.54 Å². The summed E-state index contributed by atoms with van der Waals surface area (Å²) < 4.78 is 5.25. The van der Waals surface area contributed by atoms with E-state index in [1.807, 2.05) is 25.2 Å². The van der Waals surface area contributed by atoms with Crippen molar-refractivity contribution < 1.29 is 4.74 Å². The van der Waals surface area contributed by atoms with Gasteiger partial charge in [0.05, 0.1) is 7.11 Å². The van der Waals surface area contributed by atoms with Gasteiger partial charge >= 0.3 is 0 Å². The number of nitrogens with zero attached hydrogens (tertiary/aromatic N) is 2. The summed E-state index contributed by atoms with van der Waals surface area (Å²) in [5.41, 5.74) is 1.18. The van der Waals surface area contributed by atoms with Crippen molar-refractivity contribution >= 4 is 5.96 Å². The van der Waals surface area contributed by atoms with Crippen LogP contribution in [0.15, 0.2) is 29.3 Å². The van der Waals surface area contributed by atoms with Crippen LogP contribution in [0.5, 0.6) is 5.75 Å². The number of guanidine groups is 1. The molecule has 5 nitrogen and oxygen atoms in total. The Bertz CT molecular complexity index is 509. The third kappa shape index (κ3) is 5.75. The molecule has 1 aliphatic rings.